The van der Waals surface area contributed by atoms with E-state index in [0.29, 0.717) is 38.5 Å². The van der Waals surface area contributed by atoms with Crippen LogP contribution in [0.5, 0.6) is 0 Å². The summed E-state index contributed by atoms with van der Waals surface area (Å²) in [7, 11) is 6.18. The van der Waals surface area contributed by atoms with Crippen molar-refractivity contribution in [3.8, 4) is 0 Å². The van der Waals surface area contributed by atoms with E-state index in [9.17, 15) is 59.4 Å². The number of rotatable bonds is 31. The van der Waals surface area contributed by atoms with Crippen LogP contribution in [-0.2, 0) is 28.7 Å². The number of anilines is 4. The van der Waals surface area contributed by atoms with Gasteiger partial charge >= 0.3 is 11.9 Å². The van der Waals surface area contributed by atoms with Gasteiger partial charge in [-0.05, 0) is 162 Å². The maximum absolute atomic E-state index is 12.8. The molecule has 0 aliphatic heterocycles. The number of aromatic carboxylic acids is 2. The number of carboxylic acid groups (broad SMARTS) is 2. The number of nitrogens with zero attached hydrogens (tertiary/aromatic N) is 4. The number of halogens is 6. The summed E-state index contributed by atoms with van der Waals surface area (Å²) in [6, 6.07) is 0. The van der Waals surface area contributed by atoms with E-state index >= 15 is 0 Å². The van der Waals surface area contributed by atoms with Gasteiger partial charge in [-0.25, -0.2) is 9.59 Å². The molecule has 0 aliphatic carbocycles. The molecule has 16 N–H and O–H groups in total. The molecule has 10 atom stereocenters. The Labute approximate surface area is 556 Å². The van der Waals surface area contributed by atoms with Crippen LogP contribution in [0.2, 0.25) is 0 Å². The van der Waals surface area contributed by atoms with Gasteiger partial charge in [0, 0.05) is 68.1 Å². The normalized spacial score (nSPS) is 14.9. The maximum Gasteiger partial charge on any atom is 0.338 e. The Morgan fingerprint density at radius 2 is 0.720 bits per heavy atom. The Balaban J connectivity index is 0.00000206. The van der Waals surface area contributed by atoms with E-state index in [4.69, 9.17) is 50.3 Å². The van der Waals surface area contributed by atoms with Crippen molar-refractivity contribution in [2.75, 3.05) is 114 Å². The van der Waals surface area contributed by atoms with Gasteiger partial charge in [0.2, 0.25) is 23.6 Å². The molecule has 0 aliphatic rings. The third-order valence-corrected chi connectivity index (χ3v) is 17.8. The molecular weight excluding hydrogens is 1770 g/mol. The van der Waals surface area contributed by atoms with Crippen LogP contribution in [0.1, 0.15) is 61.3 Å². The Kier molecular flexibility index (Phi) is 40.0. The topological polar surface area (TPSA) is 441 Å². The molecule has 10 unspecified atom stereocenters. The number of carbonyl (C=O) groups is 6. The number of likely N-dealkylation sites (N-methyl/N-ethyl adjacent to an activating group) is 2. The molecule has 0 heterocycles. The predicted molar refractivity (Wildman–Crippen MR) is 350 cm³/mol. The van der Waals surface area contributed by atoms with E-state index < -0.39 is 98.0 Å². The Morgan fingerprint density at radius 1 is 0.451 bits per heavy atom. The fraction of sp³-hybridized carbons (Fsp3) is 0.625. The fourth-order valence-corrected chi connectivity index (χ4v) is 16.8. The van der Waals surface area contributed by atoms with Gasteiger partial charge in [-0.3, -0.25) is 19.2 Å². The highest BCUT2D eigenvalue weighted by Crippen LogP contribution is 2.44. The second kappa shape index (κ2) is 40.5. The van der Waals surface area contributed by atoms with E-state index in [2.05, 4.69) is 10.6 Å². The quantitative estimate of drug-likeness (QED) is 0.0315. The number of aliphatic hydroxyl groups is 12. The third-order valence-electron chi connectivity index (χ3n) is 11.6. The number of nitrogens with one attached hydrogen (secondary N) is 2. The van der Waals surface area contributed by atoms with E-state index in [-0.39, 0.29) is 94.1 Å². The summed E-state index contributed by atoms with van der Waals surface area (Å²) in [5.41, 5.74) is 1.08. The lowest BCUT2D eigenvalue weighted by atomic mass is 10.0. The third kappa shape index (κ3) is 24.5. The zero-order valence-corrected chi connectivity index (χ0v) is 58.8. The molecule has 0 radical (unpaired) electrons. The predicted octanol–water partition coefficient (Wildman–Crippen LogP) is -1.10. The fourth-order valence-electron chi connectivity index (χ4n) is 6.94. The summed E-state index contributed by atoms with van der Waals surface area (Å²) in [5.74, 6) is -4.01. The molecule has 82 heavy (non-hydrogen) atoms. The van der Waals surface area contributed by atoms with Crippen LogP contribution >= 0.6 is 136 Å². The molecule has 2 rings (SSSR count). The van der Waals surface area contributed by atoms with Gasteiger partial charge in [-0.2, -0.15) is 0 Å². The number of benzene rings is 2. The van der Waals surface area contributed by atoms with E-state index in [1.54, 1.807) is 14.1 Å². The van der Waals surface area contributed by atoms with Gasteiger partial charge in [-0.1, -0.05) is 0 Å². The number of amides is 4. The molecule has 470 valence electrons. The van der Waals surface area contributed by atoms with Crippen molar-refractivity contribution in [1.82, 2.24) is 10.6 Å². The first-order valence-corrected chi connectivity index (χ1v) is 30.9. The number of hydrogen-bond donors (Lipinski definition) is 16. The van der Waals surface area contributed by atoms with Crippen LogP contribution in [0, 0.1) is 21.4 Å². The SMILES string of the molecule is CC(=O)N(C)c1c(I)c(C(=O)O)c(I)c(N(CC(O)COCCCCOCC(O)CN(C(C)=O)c2c(I)c(C(=O)O)c(I)c(N(C)C(C)=O)c2I)C(C)=O)c1I.CNCC(O)C(O)C(O)C(O)CO.CNCC(O)C(O)C(O)C(O)CO. The number of hydrogen-bond acceptors (Lipinski definition) is 22. The molecule has 34 heteroatoms. The standard InChI is InChI=1S/C34H40I6N4O12.2C7H17NO5/c1-15(45)41(5)29-23(35)21(33(51)52)25(37)31(27(29)39)43(17(3)47)11-19(49)13-55-9-7-8-10-56-14-20(50)12-44(18(4)48)32-26(38)22(34(53)54)24(36)30(28(32)40)42(6)16(2)46;2*1-8-2-4(10)6(12)7(13)5(11)3-9/h19-20,49-50H,7-14H2,1-6H3,(H,51,52)(H,53,54);2*4-13H,2-3H2,1H3. The highest BCUT2D eigenvalue weighted by molar-refractivity contribution is 14.1. The molecule has 28 nitrogen and oxygen atoms in total. The smallest absolute Gasteiger partial charge is 0.338 e. The summed E-state index contributed by atoms with van der Waals surface area (Å²) in [6.45, 7) is 3.97. The average molecular weight is 1850 g/mol. The summed E-state index contributed by atoms with van der Waals surface area (Å²) in [5, 5.41) is 137. The first kappa shape index (κ1) is 81.0. The number of unbranched alkanes of at least 4 members (excludes halogenated alkanes) is 1. The number of aliphatic hydroxyl groups excluding tert-OH is 12. The molecule has 4 amide bonds. The largest absolute Gasteiger partial charge is 0.478 e. The van der Waals surface area contributed by atoms with Crippen molar-refractivity contribution in [1.29, 1.82) is 0 Å². The lowest BCUT2D eigenvalue weighted by Gasteiger charge is -2.30. The molecule has 2 aromatic rings. The monoisotopic (exact) mass is 1850 g/mol. The van der Waals surface area contributed by atoms with Gasteiger partial charge in [0.1, 0.15) is 36.6 Å². The van der Waals surface area contributed by atoms with Gasteiger partial charge in [0.05, 0.1) is 119 Å². The molecule has 2 aromatic carbocycles. The first-order valence-electron chi connectivity index (χ1n) is 24.5. The van der Waals surface area contributed by atoms with Crippen LogP contribution in [-0.4, -0.2) is 262 Å². The zero-order valence-electron chi connectivity index (χ0n) is 45.8. The van der Waals surface area contributed by atoms with Gasteiger partial charge in [0.25, 0.3) is 0 Å². The average Bonchev–Trinajstić information content (AvgIpc) is 3.39. The first-order chi connectivity index (χ1) is 38.1. The van der Waals surface area contributed by atoms with Crippen LogP contribution in [0.3, 0.4) is 0 Å². The van der Waals surface area contributed by atoms with Crippen molar-refractivity contribution in [3.63, 3.8) is 0 Å². The number of carboxylic acids is 2. The van der Waals surface area contributed by atoms with E-state index in [1.165, 1.54) is 61.4 Å². The summed E-state index contributed by atoms with van der Waals surface area (Å²) in [6.07, 6.45) is -12.5. The summed E-state index contributed by atoms with van der Waals surface area (Å²) < 4.78 is 13.5. The van der Waals surface area contributed by atoms with Crippen LogP contribution in [0.15, 0.2) is 0 Å². The second-order valence-corrected chi connectivity index (χ2v) is 24.4. The summed E-state index contributed by atoms with van der Waals surface area (Å²) >= 11 is 11.4. The lowest BCUT2D eigenvalue weighted by molar-refractivity contribution is -0.117. The summed E-state index contributed by atoms with van der Waals surface area (Å²) in [4.78, 5) is 79.9. The molecular formula is C48H74I6N6O22. The number of carbonyl (C=O) groups excluding carboxylic acids is 4. The second-order valence-electron chi connectivity index (χ2n) is 17.9. The van der Waals surface area contributed by atoms with E-state index in [0.717, 1.165) is 0 Å². The van der Waals surface area contributed by atoms with Crippen LogP contribution in [0.4, 0.5) is 22.7 Å². The maximum atomic E-state index is 12.8. The van der Waals surface area contributed by atoms with Crippen molar-refractivity contribution in [2.45, 2.75) is 102 Å². The van der Waals surface area contributed by atoms with E-state index in [1.807, 2.05) is 136 Å². The van der Waals surface area contributed by atoms with Gasteiger partial charge < -0.3 is 111 Å². The Hall–Kier alpha value is -1.00. The molecule has 0 spiro atoms. The minimum atomic E-state index is -1.55. The highest BCUT2D eigenvalue weighted by atomic mass is 127. The Bertz CT molecular complexity index is 2260. The van der Waals surface area contributed by atoms with Crippen molar-refractivity contribution >= 4 is 194 Å². The number of ether oxygens (including phenoxy) is 2. The molecule has 0 bridgehead atoms. The lowest BCUT2D eigenvalue weighted by Crippen LogP contribution is -2.48. The van der Waals surface area contributed by atoms with Crippen molar-refractivity contribution in [3.05, 3.63) is 32.5 Å². The van der Waals surface area contributed by atoms with Crippen LogP contribution < -0.4 is 30.2 Å². The van der Waals surface area contributed by atoms with Crippen molar-refractivity contribution in [2.24, 2.45) is 0 Å². The minimum absolute atomic E-state index is 0.0646. The molecule has 0 saturated carbocycles. The zero-order chi connectivity index (χ0) is 63.8. The molecule has 0 fully saturated rings. The van der Waals surface area contributed by atoms with Crippen LogP contribution in [0.25, 0.3) is 0 Å². The van der Waals surface area contributed by atoms with Gasteiger partial charge in [-0.15, -0.1) is 0 Å². The minimum Gasteiger partial charge on any atom is -0.478 e. The van der Waals surface area contributed by atoms with Crippen molar-refractivity contribution < 1.29 is 110 Å². The molecule has 0 aromatic heterocycles. The van der Waals surface area contributed by atoms with Gasteiger partial charge in [0.15, 0.2) is 0 Å². The Morgan fingerprint density at radius 3 is 0.951 bits per heavy atom. The highest BCUT2D eigenvalue weighted by Gasteiger charge is 2.35. The molecule has 0 saturated heterocycles.